The third kappa shape index (κ3) is 3.23. The lowest BCUT2D eigenvalue weighted by molar-refractivity contribution is 0.265. The molecule has 1 aliphatic rings. The summed E-state index contributed by atoms with van der Waals surface area (Å²) in [6.07, 6.45) is 8.86. The van der Waals surface area contributed by atoms with Crippen molar-refractivity contribution < 1.29 is 0 Å². The zero-order valence-corrected chi connectivity index (χ0v) is 10.5. The van der Waals surface area contributed by atoms with Gasteiger partial charge in [-0.05, 0) is 24.7 Å². The molecule has 1 aliphatic carbocycles. The van der Waals surface area contributed by atoms with Crippen molar-refractivity contribution in [3.8, 4) is 0 Å². The summed E-state index contributed by atoms with van der Waals surface area (Å²) in [5.41, 5.74) is 0. The first kappa shape index (κ1) is 10.8. The van der Waals surface area contributed by atoms with Crippen molar-refractivity contribution in [2.24, 2.45) is 11.8 Å². The summed E-state index contributed by atoms with van der Waals surface area (Å²) in [6.45, 7) is 4.68. The zero-order valence-electron chi connectivity index (χ0n) is 8.35. The molecule has 0 aromatic rings. The summed E-state index contributed by atoms with van der Waals surface area (Å²) in [7, 11) is 0. The Morgan fingerprint density at radius 2 is 1.83 bits per heavy atom. The van der Waals surface area contributed by atoms with Crippen LogP contribution < -0.4 is 0 Å². The van der Waals surface area contributed by atoms with Gasteiger partial charge in [0.05, 0.1) is 0 Å². The summed E-state index contributed by atoms with van der Waals surface area (Å²) in [6, 6.07) is 0. The van der Waals surface area contributed by atoms with Gasteiger partial charge >= 0.3 is 0 Å². The van der Waals surface area contributed by atoms with E-state index in [1.54, 1.807) is 0 Å². The first-order valence-corrected chi connectivity index (χ1v) is 6.62. The molecule has 0 saturated heterocycles. The molecule has 1 rings (SSSR count). The van der Waals surface area contributed by atoms with Crippen LogP contribution in [-0.2, 0) is 0 Å². The van der Waals surface area contributed by atoms with Crippen molar-refractivity contribution in [3.63, 3.8) is 0 Å². The average Bonchev–Trinajstić information content (AvgIpc) is 2.06. The molecule has 72 valence electrons. The minimum Gasteiger partial charge on any atom is -0.0826 e. The Balaban J connectivity index is 2.20. The first-order chi connectivity index (χ1) is 5.74. The molecule has 0 aliphatic heterocycles. The van der Waals surface area contributed by atoms with Crippen LogP contribution in [-0.4, -0.2) is 3.92 Å². The third-order valence-electron chi connectivity index (χ3n) is 3.24. The van der Waals surface area contributed by atoms with Crippen molar-refractivity contribution >= 4 is 22.6 Å². The molecule has 0 heterocycles. The zero-order chi connectivity index (χ0) is 8.97. The fourth-order valence-electron chi connectivity index (χ4n) is 2.34. The van der Waals surface area contributed by atoms with E-state index in [4.69, 9.17) is 0 Å². The van der Waals surface area contributed by atoms with E-state index in [2.05, 4.69) is 36.4 Å². The summed E-state index contributed by atoms with van der Waals surface area (Å²) in [4.78, 5) is 0. The Morgan fingerprint density at radius 3 is 2.25 bits per heavy atom. The van der Waals surface area contributed by atoms with Crippen LogP contribution >= 0.6 is 22.6 Å². The Hall–Kier alpha value is 0.730. The highest BCUT2D eigenvalue weighted by Gasteiger charge is 2.22. The summed E-state index contributed by atoms with van der Waals surface area (Å²) < 4.78 is 0.894. The van der Waals surface area contributed by atoms with Crippen molar-refractivity contribution in [1.29, 1.82) is 0 Å². The molecule has 0 aromatic heterocycles. The Labute approximate surface area is 90.6 Å². The minimum absolute atomic E-state index is 0.894. The fraction of sp³-hybridized carbons (Fsp3) is 1.00. The van der Waals surface area contributed by atoms with Gasteiger partial charge in [0.1, 0.15) is 0 Å². The lowest BCUT2D eigenvalue weighted by Crippen LogP contribution is -2.19. The van der Waals surface area contributed by atoms with E-state index in [9.17, 15) is 0 Å². The highest BCUT2D eigenvalue weighted by molar-refractivity contribution is 14.1. The number of halogens is 1. The smallest absolute Gasteiger partial charge is 0.0110 e. The molecule has 1 heteroatoms. The number of alkyl halides is 1. The van der Waals surface area contributed by atoms with Gasteiger partial charge in [0, 0.05) is 3.92 Å². The monoisotopic (exact) mass is 280 g/mol. The maximum atomic E-state index is 2.59. The number of hydrogen-bond donors (Lipinski definition) is 0. The van der Waals surface area contributed by atoms with Gasteiger partial charge in [0.2, 0.25) is 0 Å². The summed E-state index contributed by atoms with van der Waals surface area (Å²) in [5.74, 6) is 2.10. The molecule has 0 N–H and O–H groups in total. The predicted molar refractivity (Wildman–Crippen MR) is 63.8 cm³/mol. The highest BCUT2D eigenvalue weighted by atomic mass is 127. The van der Waals surface area contributed by atoms with Crippen molar-refractivity contribution in [2.75, 3.05) is 0 Å². The SMILES string of the molecule is CCC[C@H]1CC[C@H]([C@@H](C)I)CC1. The lowest BCUT2D eigenvalue weighted by atomic mass is 9.79. The Bertz CT molecular complexity index is 112. The summed E-state index contributed by atoms with van der Waals surface area (Å²) >= 11 is 2.59. The van der Waals surface area contributed by atoms with Gasteiger partial charge in [0.25, 0.3) is 0 Å². The highest BCUT2D eigenvalue weighted by Crippen LogP contribution is 2.35. The number of rotatable bonds is 3. The molecule has 0 aromatic carbocycles. The van der Waals surface area contributed by atoms with E-state index in [1.807, 2.05) is 0 Å². The first-order valence-electron chi connectivity index (χ1n) is 5.38. The van der Waals surface area contributed by atoms with Crippen LogP contribution in [0.2, 0.25) is 0 Å². The van der Waals surface area contributed by atoms with Crippen molar-refractivity contribution in [2.45, 2.75) is 56.3 Å². The Morgan fingerprint density at radius 1 is 1.25 bits per heavy atom. The fourth-order valence-corrected chi connectivity index (χ4v) is 3.06. The van der Waals surface area contributed by atoms with E-state index in [1.165, 1.54) is 38.5 Å². The molecule has 0 unspecified atom stereocenters. The van der Waals surface area contributed by atoms with Crippen molar-refractivity contribution in [1.82, 2.24) is 0 Å². The summed E-state index contributed by atoms with van der Waals surface area (Å²) in [5, 5.41) is 0. The third-order valence-corrected chi connectivity index (χ3v) is 4.25. The molecule has 0 spiro atoms. The van der Waals surface area contributed by atoms with Gasteiger partial charge in [0.15, 0.2) is 0 Å². The van der Waals surface area contributed by atoms with E-state index >= 15 is 0 Å². The molecular weight excluding hydrogens is 259 g/mol. The van der Waals surface area contributed by atoms with Gasteiger partial charge in [-0.15, -0.1) is 0 Å². The molecule has 0 amide bonds. The van der Waals surface area contributed by atoms with Gasteiger partial charge in [-0.1, -0.05) is 62.1 Å². The molecule has 1 fully saturated rings. The second kappa shape index (κ2) is 5.46. The van der Waals surface area contributed by atoms with Crippen LogP contribution in [0.4, 0.5) is 0 Å². The standard InChI is InChI=1S/C11H21I/c1-3-4-10-5-7-11(8-6-10)9(2)12/h9-11H,3-8H2,1-2H3/t9-,10-,11-/m1/s1. The molecule has 1 saturated carbocycles. The second-order valence-corrected chi connectivity index (χ2v) is 6.21. The largest absolute Gasteiger partial charge is 0.0826 e. The van der Waals surface area contributed by atoms with Crippen LogP contribution in [0.15, 0.2) is 0 Å². The predicted octanol–water partition coefficient (Wildman–Crippen LogP) is 4.42. The van der Waals surface area contributed by atoms with E-state index < -0.39 is 0 Å². The van der Waals surface area contributed by atoms with Crippen LogP contribution in [0.5, 0.6) is 0 Å². The van der Waals surface area contributed by atoms with E-state index in [0.717, 1.165) is 15.8 Å². The van der Waals surface area contributed by atoms with E-state index in [-0.39, 0.29) is 0 Å². The molecule has 0 bridgehead atoms. The topological polar surface area (TPSA) is 0 Å². The molecule has 12 heavy (non-hydrogen) atoms. The van der Waals surface area contributed by atoms with Crippen LogP contribution in [0.3, 0.4) is 0 Å². The average molecular weight is 280 g/mol. The van der Waals surface area contributed by atoms with Gasteiger partial charge in [-0.3, -0.25) is 0 Å². The van der Waals surface area contributed by atoms with Crippen LogP contribution in [0, 0.1) is 11.8 Å². The quantitative estimate of drug-likeness (QED) is 0.530. The Kier molecular flexibility index (Phi) is 4.92. The van der Waals surface area contributed by atoms with E-state index in [0.29, 0.717) is 0 Å². The molecule has 0 radical (unpaired) electrons. The van der Waals surface area contributed by atoms with Crippen LogP contribution in [0.25, 0.3) is 0 Å². The lowest BCUT2D eigenvalue weighted by Gasteiger charge is -2.29. The molecular formula is C11H21I. The number of hydrogen-bond acceptors (Lipinski definition) is 0. The normalized spacial score (nSPS) is 33.2. The van der Waals surface area contributed by atoms with Gasteiger partial charge in [-0.25, -0.2) is 0 Å². The van der Waals surface area contributed by atoms with Crippen LogP contribution in [0.1, 0.15) is 52.4 Å². The van der Waals surface area contributed by atoms with Crippen molar-refractivity contribution in [3.05, 3.63) is 0 Å². The van der Waals surface area contributed by atoms with Gasteiger partial charge < -0.3 is 0 Å². The maximum absolute atomic E-state index is 2.59. The molecule has 0 nitrogen and oxygen atoms in total. The van der Waals surface area contributed by atoms with Gasteiger partial charge in [-0.2, -0.15) is 0 Å². The molecule has 1 atom stereocenters. The second-order valence-electron chi connectivity index (χ2n) is 4.25. The maximum Gasteiger partial charge on any atom is 0.0110 e. The minimum atomic E-state index is 0.894.